The average Bonchev–Trinajstić information content (AvgIpc) is 0.918. The van der Waals surface area contributed by atoms with E-state index >= 15 is 0 Å². The minimum Gasteiger partial charge on any atom is -1.00 e. The van der Waals surface area contributed by atoms with E-state index in [0.29, 0.717) is 0 Å². The van der Waals surface area contributed by atoms with Gasteiger partial charge < -0.3 is 12.0 Å². The maximum Gasteiger partial charge on any atom is 2.00 e. The molecule has 0 radical (unpaired) electrons. The van der Waals surface area contributed by atoms with E-state index in [2.05, 4.69) is 0 Å². The zero-order valence-electron chi connectivity index (χ0n) is 4.01. The third kappa shape index (κ3) is 9.65. The Hall–Kier alpha value is 1.53. The van der Waals surface area contributed by atoms with Crippen LogP contribution >= 0.6 is 12.3 Å². The maximum atomic E-state index is 7.04. The van der Waals surface area contributed by atoms with Gasteiger partial charge in [-0.25, -0.2) is 0 Å². The summed E-state index contributed by atoms with van der Waals surface area (Å²) in [4.78, 5) is 0. The Balaban J connectivity index is -0.00000000667. The van der Waals surface area contributed by atoms with Gasteiger partial charge in [-0.2, -0.15) is 0 Å². The monoisotopic (exact) mass is 108 g/mol. The molecular weight excluding hydrogens is 104 g/mol. The predicted molar refractivity (Wildman–Crippen MR) is 20.8 cm³/mol. The minimum absolute atomic E-state index is 0. The van der Waals surface area contributed by atoms with Crippen molar-refractivity contribution in [2.24, 2.45) is 0 Å². The molecule has 0 unspecified atom stereocenters. The molecule has 0 saturated heterocycles. The molecule has 0 atom stereocenters. The van der Waals surface area contributed by atoms with Gasteiger partial charge in [-0.15, -0.1) is 0 Å². The molecular formula is H4CaO2S. The molecule has 0 fully saturated rings. The quantitative estimate of drug-likeness (QED) is 0.351. The summed E-state index contributed by atoms with van der Waals surface area (Å²) < 4.78 is 14.1. The summed E-state index contributed by atoms with van der Waals surface area (Å²) in [6, 6.07) is 0. The van der Waals surface area contributed by atoms with Gasteiger partial charge >= 0.3 is 37.7 Å². The molecule has 24 valence electrons. The zero-order chi connectivity index (χ0) is 2.71. The van der Waals surface area contributed by atoms with Gasteiger partial charge in [0.05, 0.1) is 0 Å². The fraction of sp³-hybridized carbons (Fsp3) is 0. The normalized spacial score (nSPS) is 4.50. The van der Waals surface area contributed by atoms with E-state index in [0.717, 1.165) is 0 Å². The molecule has 0 aliphatic rings. The van der Waals surface area contributed by atoms with Gasteiger partial charge in [0.2, 0.25) is 0 Å². The number of rotatable bonds is 0. The summed E-state index contributed by atoms with van der Waals surface area (Å²) >= 11 is -0.250. The van der Waals surface area contributed by atoms with Crippen LogP contribution < -0.4 is 0 Å². The third-order valence-electron chi connectivity index (χ3n) is 0. The van der Waals surface area contributed by atoms with Crippen molar-refractivity contribution in [3.05, 3.63) is 0 Å². The maximum absolute atomic E-state index is 7.04. The van der Waals surface area contributed by atoms with Crippen molar-refractivity contribution in [1.29, 1.82) is 0 Å². The van der Waals surface area contributed by atoms with Gasteiger partial charge in [0.1, 0.15) is 0 Å². The molecule has 0 saturated carbocycles. The SMILES string of the molecule is OSO.[Ca+2].[H-].[H-]. The largest absolute Gasteiger partial charge is 2.00 e. The molecule has 0 rings (SSSR count). The van der Waals surface area contributed by atoms with E-state index in [9.17, 15) is 0 Å². The van der Waals surface area contributed by atoms with Crippen LogP contribution in [-0.2, 0) is 0 Å². The van der Waals surface area contributed by atoms with Crippen LogP contribution in [0.4, 0.5) is 0 Å². The molecule has 4 heteroatoms. The summed E-state index contributed by atoms with van der Waals surface area (Å²) in [5.41, 5.74) is 0. The summed E-state index contributed by atoms with van der Waals surface area (Å²) in [5.74, 6) is 0. The number of hydrogen-bond donors (Lipinski definition) is 2. The molecule has 0 aliphatic heterocycles. The van der Waals surface area contributed by atoms with Gasteiger partial charge in [0.25, 0.3) is 0 Å². The Bertz CT molecular complexity index is 11.5. The van der Waals surface area contributed by atoms with Crippen molar-refractivity contribution >= 4 is 50.1 Å². The van der Waals surface area contributed by atoms with Crippen molar-refractivity contribution in [1.82, 2.24) is 0 Å². The fourth-order valence-corrected chi connectivity index (χ4v) is 0. The summed E-state index contributed by atoms with van der Waals surface area (Å²) in [6.07, 6.45) is 0. The Morgan fingerprint density at radius 2 is 1.50 bits per heavy atom. The van der Waals surface area contributed by atoms with Gasteiger partial charge in [0.15, 0.2) is 12.3 Å². The summed E-state index contributed by atoms with van der Waals surface area (Å²) in [5, 5.41) is 0. The van der Waals surface area contributed by atoms with Gasteiger partial charge in [-0.1, -0.05) is 0 Å². The molecule has 0 bridgehead atoms. The van der Waals surface area contributed by atoms with Crippen LogP contribution in [0.5, 0.6) is 0 Å². The third-order valence-corrected chi connectivity index (χ3v) is 0. The van der Waals surface area contributed by atoms with E-state index in [1.807, 2.05) is 0 Å². The van der Waals surface area contributed by atoms with E-state index in [1.54, 1.807) is 0 Å². The Morgan fingerprint density at radius 3 is 1.50 bits per heavy atom. The number of hydrogen-bond acceptors (Lipinski definition) is 3. The van der Waals surface area contributed by atoms with Crippen LogP contribution in [0.1, 0.15) is 2.85 Å². The van der Waals surface area contributed by atoms with Gasteiger partial charge in [0, 0.05) is 0 Å². The van der Waals surface area contributed by atoms with Crippen LogP contribution in [-0.4, -0.2) is 46.8 Å². The van der Waals surface area contributed by atoms with Gasteiger partial charge in [-0.05, 0) is 0 Å². The molecule has 0 aliphatic carbocycles. The second-order valence-corrected chi connectivity index (χ2v) is 0.245. The van der Waals surface area contributed by atoms with E-state index in [-0.39, 0.29) is 52.9 Å². The van der Waals surface area contributed by atoms with Crippen molar-refractivity contribution in [3.63, 3.8) is 0 Å². The standard InChI is InChI=1S/Ca.H2O2S.2H/c;1-3-2;;/h;1-2H;;/q+2;;2*-1. The van der Waals surface area contributed by atoms with Crippen molar-refractivity contribution in [2.45, 2.75) is 0 Å². The molecule has 0 aromatic carbocycles. The molecule has 2 nitrogen and oxygen atoms in total. The molecule has 0 aromatic heterocycles. The molecule has 0 spiro atoms. The molecule has 0 aromatic rings. The first-order valence-corrected chi connectivity index (χ1v) is 1.10. The fourth-order valence-electron chi connectivity index (χ4n) is 0. The Morgan fingerprint density at radius 1 is 1.50 bits per heavy atom. The molecule has 0 amide bonds. The average molecular weight is 108 g/mol. The zero-order valence-corrected chi connectivity index (χ0v) is 5.03. The molecule has 0 heterocycles. The van der Waals surface area contributed by atoms with Crippen LogP contribution in [0.3, 0.4) is 0 Å². The Labute approximate surface area is 61.6 Å². The summed E-state index contributed by atoms with van der Waals surface area (Å²) in [7, 11) is 0. The second-order valence-electron chi connectivity index (χ2n) is 0.0816. The topological polar surface area (TPSA) is 40.5 Å². The first-order chi connectivity index (χ1) is 1.41. The minimum atomic E-state index is -0.250. The van der Waals surface area contributed by atoms with Gasteiger partial charge in [-0.3, -0.25) is 0 Å². The molecule has 4 heavy (non-hydrogen) atoms. The first-order valence-electron chi connectivity index (χ1n) is 0.365. The van der Waals surface area contributed by atoms with Crippen LogP contribution in [0.15, 0.2) is 0 Å². The smallest absolute Gasteiger partial charge is 1.00 e. The Kier molecular flexibility index (Phi) is 20.1. The first kappa shape index (κ1) is 9.11. The predicted octanol–water partition coefficient (Wildman–Crippen LogP) is 0.510. The van der Waals surface area contributed by atoms with Crippen molar-refractivity contribution in [2.75, 3.05) is 0 Å². The van der Waals surface area contributed by atoms with Crippen LogP contribution in [0.2, 0.25) is 0 Å². The summed E-state index contributed by atoms with van der Waals surface area (Å²) in [6.45, 7) is 0. The van der Waals surface area contributed by atoms with Crippen LogP contribution in [0.25, 0.3) is 0 Å². The van der Waals surface area contributed by atoms with Crippen molar-refractivity contribution < 1.29 is 12.0 Å². The van der Waals surface area contributed by atoms with E-state index in [4.69, 9.17) is 9.11 Å². The van der Waals surface area contributed by atoms with E-state index in [1.165, 1.54) is 0 Å². The molecule has 2 N–H and O–H groups in total. The van der Waals surface area contributed by atoms with Crippen LogP contribution in [0, 0.1) is 0 Å². The second kappa shape index (κ2) is 8.82. The van der Waals surface area contributed by atoms with E-state index < -0.39 is 0 Å². The van der Waals surface area contributed by atoms with Crippen molar-refractivity contribution in [3.8, 4) is 0 Å².